The molecule has 1 amide bonds. The quantitative estimate of drug-likeness (QED) is 0.495. The lowest BCUT2D eigenvalue weighted by Crippen LogP contribution is -2.44. The SMILES string of the molecule is CC(C)(C)OC(=O)N1CCC(Oc2ccc(COc3ccc(C4COS(O)(O)OC4)cc3)cc2)CC1. The number of hydrogen-bond donors (Lipinski definition) is 2. The third-order valence-corrected chi connectivity index (χ3v) is 6.81. The number of piperidine rings is 1. The van der Waals surface area contributed by atoms with E-state index in [4.69, 9.17) is 22.6 Å². The molecule has 10 heteroatoms. The normalized spacial score (nSPS) is 20.0. The van der Waals surface area contributed by atoms with Crippen LogP contribution in [0, 0.1) is 0 Å². The van der Waals surface area contributed by atoms with Crippen molar-refractivity contribution >= 4 is 17.2 Å². The molecule has 2 aliphatic rings. The van der Waals surface area contributed by atoms with Gasteiger partial charge in [-0.2, -0.15) is 0 Å². The highest BCUT2D eigenvalue weighted by atomic mass is 32.3. The van der Waals surface area contributed by atoms with Gasteiger partial charge >= 0.3 is 6.09 Å². The number of benzene rings is 2. The maximum atomic E-state index is 12.2. The van der Waals surface area contributed by atoms with Crippen LogP contribution in [0.3, 0.4) is 0 Å². The molecule has 0 aromatic heterocycles. The summed E-state index contributed by atoms with van der Waals surface area (Å²) in [7, 11) is 0. The van der Waals surface area contributed by atoms with E-state index in [1.165, 1.54) is 0 Å². The number of amides is 1. The first-order valence-corrected chi connectivity index (χ1v) is 13.5. The Morgan fingerprint density at radius 2 is 1.56 bits per heavy atom. The molecule has 9 nitrogen and oxygen atoms in total. The number of likely N-dealkylation sites (tertiary alicyclic amines) is 1. The van der Waals surface area contributed by atoms with Gasteiger partial charge in [0, 0.05) is 31.8 Å². The van der Waals surface area contributed by atoms with Gasteiger partial charge in [-0.25, -0.2) is 4.79 Å². The molecule has 2 N–H and O–H groups in total. The summed E-state index contributed by atoms with van der Waals surface area (Å²) in [6.07, 6.45) is 1.33. The Balaban J connectivity index is 1.19. The topological polar surface area (TPSA) is 107 Å². The van der Waals surface area contributed by atoms with E-state index < -0.39 is 16.8 Å². The number of hydrogen-bond acceptors (Lipinski definition) is 8. The van der Waals surface area contributed by atoms with Crippen LogP contribution in [0.15, 0.2) is 48.5 Å². The lowest BCUT2D eigenvalue weighted by Gasteiger charge is -2.33. The lowest BCUT2D eigenvalue weighted by atomic mass is 10.0. The second kappa shape index (κ2) is 11.3. The van der Waals surface area contributed by atoms with Crippen LogP contribution in [-0.2, 0) is 19.7 Å². The molecule has 0 bridgehead atoms. The molecule has 2 heterocycles. The van der Waals surface area contributed by atoms with E-state index in [1.54, 1.807) is 4.90 Å². The number of nitrogens with zero attached hydrogens (tertiary/aromatic N) is 1. The second-order valence-corrected chi connectivity index (χ2v) is 11.4. The monoisotopic (exact) mass is 521 g/mol. The van der Waals surface area contributed by atoms with Crippen LogP contribution in [0.2, 0.25) is 0 Å². The fourth-order valence-corrected chi connectivity index (χ4v) is 4.71. The van der Waals surface area contributed by atoms with Crippen molar-refractivity contribution in [2.75, 3.05) is 26.3 Å². The molecule has 2 saturated heterocycles. The number of rotatable bonds is 6. The zero-order valence-corrected chi connectivity index (χ0v) is 21.7. The molecular weight excluding hydrogens is 486 g/mol. The van der Waals surface area contributed by atoms with Crippen LogP contribution in [0.1, 0.15) is 50.7 Å². The molecule has 0 aliphatic carbocycles. The van der Waals surface area contributed by atoms with Gasteiger partial charge < -0.3 is 19.1 Å². The molecule has 4 rings (SSSR count). The van der Waals surface area contributed by atoms with Crippen LogP contribution in [-0.4, -0.2) is 58.1 Å². The van der Waals surface area contributed by atoms with Gasteiger partial charge in [0.15, 0.2) is 0 Å². The zero-order chi connectivity index (χ0) is 25.8. The minimum absolute atomic E-state index is 0.0592. The van der Waals surface area contributed by atoms with Crippen molar-refractivity contribution in [1.29, 1.82) is 0 Å². The lowest BCUT2D eigenvalue weighted by molar-refractivity contribution is 0.0126. The predicted molar refractivity (Wildman–Crippen MR) is 136 cm³/mol. The highest BCUT2D eigenvalue weighted by Gasteiger charge is 2.30. The van der Waals surface area contributed by atoms with Crippen molar-refractivity contribution in [2.24, 2.45) is 0 Å². The minimum atomic E-state index is -3.35. The smallest absolute Gasteiger partial charge is 0.410 e. The highest BCUT2D eigenvalue weighted by Crippen LogP contribution is 2.46. The molecule has 0 spiro atoms. The van der Waals surface area contributed by atoms with Crippen molar-refractivity contribution in [1.82, 2.24) is 4.90 Å². The summed E-state index contributed by atoms with van der Waals surface area (Å²) < 4.78 is 46.1. The molecule has 2 fully saturated rings. The van der Waals surface area contributed by atoms with E-state index in [0.29, 0.717) is 19.7 Å². The molecule has 2 aromatic carbocycles. The van der Waals surface area contributed by atoms with Gasteiger partial charge in [-0.1, -0.05) is 24.3 Å². The van der Waals surface area contributed by atoms with Gasteiger partial charge in [-0.3, -0.25) is 17.5 Å². The van der Waals surface area contributed by atoms with E-state index in [2.05, 4.69) is 0 Å². The minimum Gasteiger partial charge on any atom is -0.490 e. The Labute approximate surface area is 214 Å². The molecule has 0 saturated carbocycles. The van der Waals surface area contributed by atoms with Crippen molar-refractivity contribution in [3.63, 3.8) is 0 Å². The Bertz CT molecular complexity index is 988. The van der Waals surface area contributed by atoms with Crippen molar-refractivity contribution in [2.45, 2.75) is 57.8 Å². The van der Waals surface area contributed by atoms with Crippen LogP contribution in [0.25, 0.3) is 0 Å². The standard InChI is InChI=1S/C26H35NO8S/c1-26(2,3)35-25(28)27-14-12-24(13-15-27)34-23-8-4-19(5-9-23)16-31-22-10-6-20(7-11-22)21-17-32-36(29,30)33-18-21/h4-11,21,24,29-30H,12-18H2,1-3H3. The van der Waals surface area contributed by atoms with Crippen molar-refractivity contribution < 1.29 is 36.5 Å². The van der Waals surface area contributed by atoms with E-state index >= 15 is 0 Å². The zero-order valence-electron chi connectivity index (χ0n) is 20.9. The van der Waals surface area contributed by atoms with E-state index in [9.17, 15) is 13.9 Å². The first-order chi connectivity index (χ1) is 17.1. The summed E-state index contributed by atoms with van der Waals surface area (Å²) in [5, 5.41) is 0. The number of ether oxygens (including phenoxy) is 3. The number of carbonyl (C=O) groups excluding carboxylic acids is 1. The number of carbonyl (C=O) groups is 1. The summed E-state index contributed by atoms with van der Waals surface area (Å²) in [5.41, 5.74) is 1.51. The van der Waals surface area contributed by atoms with Crippen LogP contribution < -0.4 is 9.47 Å². The highest BCUT2D eigenvalue weighted by molar-refractivity contribution is 8.16. The third-order valence-electron chi connectivity index (χ3n) is 5.92. The molecular formula is C26H35NO8S. The van der Waals surface area contributed by atoms with E-state index in [0.717, 1.165) is 35.5 Å². The van der Waals surface area contributed by atoms with E-state index in [-0.39, 0.29) is 31.3 Å². The van der Waals surface area contributed by atoms with Gasteiger partial charge in [0.1, 0.15) is 29.8 Å². The Morgan fingerprint density at radius 3 is 2.14 bits per heavy atom. The molecule has 198 valence electrons. The summed E-state index contributed by atoms with van der Waals surface area (Å²) >= 11 is -3.35. The van der Waals surface area contributed by atoms with Gasteiger partial charge in [0.2, 0.25) is 11.2 Å². The first-order valence-electron chi connectivity index (χ1n) is 12.1. The van der Waals surface area contributed by atoms with Crippen LogP contribution in [0.4, 0.5) is 4.79 Å². The molecule has 2 aliphatic heterocycles. The summed E-state index contributed by atoms with van der Waals surface area (Å²) in [6, 6.07) is 15.4. The van der Waals surface area contributed by atoms with Gasteiger partial charge in [-0.05, 0) is 56.2 Å². The van der Waals surface area contributed by atoms with Crippen molar-refractivity contribution in [3.05, 3.63) is 59.7 Å². The average molecular weight is 522 g/mol. The molecule has 0 unspecified atom stereocenters. The Morgan fingerprint density at radius 1 is 0.972 bits per heavy atom. The van der Waals surface area contributed by atoms with Gasteiger partial charge in [0.25, 0.3) is 0 Å². The fraction of sp³-hybridized carbons (Fsp3) is 0.500. The third kappa shape index (κ3) is 7.75. The Kier molecular flexibility index (Phi) is 8.31. The summed E-state index contributed by atoms with van der Waals surface area (Å²) in [4.78, 5) is 14.0. The molecule has 0 radical (unpaired) electrons. The average Bonchev–Trinajstić information content (AvgIpc) is 2.83. The van der Waals surface area contributed by atoms with Crippen molar-refractivity contribution in [3.8, 4) is 11.5 Å². The maximum Gasteiger partial charge on any atom is 0.410 e. The second-order valence-electron chi connectivity index (χ2n) is 10.0. The summed E-state index contributed by atoms with van der Waals surface area (Å²) in [5.74, 6) is 1.47. The predicted octanol–water partition coefficient (Wildman–Crippen LogP) is 5.75. The van der Waals surface area contributed by atoms with Gasteiger partial charge in [0.05, 0.1) is 13.2 Å². The Hall–Kier alpha value is -2.50. The first kappa shape index (κ1) is 26.6. The molecule has 36 heavy (non-hydrogen) atoms. The fourth-order valence-electron chi connectivity index (χ4n) is 3.96. The van der Waals surface area contributed by atoms with Gasteiger partial charge in [-0.15, -0.1) is 0 Å². The van der Waals surface area contributed by atoms with Crippen LogP contribution >= 0.6 is 11.2 Å². The molecule has 0 atom stereocenters. The van der Waals surface area contributed by atoms with Crippen LogP contribution in [0.5, 0.6) is 11.5 Å². The maximum absolute atomic E-state index is 12.2. The van der Waals surface area contributed by atoms with E-state index in [1.807, 2.05) is 69.3 Å². The molecule has 2 aromatic rings. The summed E-state index contributed by atoms with van der Waals surface area (Å²) in [6.45, 7) is 7.66. The largest absolute Gasteiger partial charge is 0.490 e.